The maximum atomic E-state index is 10.5. The number of carboxylic acid groups (broad SMARTS) is 1. The van der Waals surface area contributed by atoms with Crippen LogP contribution in [-0.4, -0.2) is 21.0 Å². The zero-order chi connectivity index (χ0) is 13.1. The summed E-state index contributed by atoms with van der Waals surface area (Å²) >= 11 is 0. The van der Waals surface area contributed by atoms with Crippen LogP contribution in [-0.2, 0) is 0 Å². The van der Waals surface area contributed by atoms with Gasteiger partial charge in [0.05, 0.1) is 4.92 Å². The van der Waals surface area contributed by atoms with Crippen molar-refractivity contribution < 1.29 is 24.0 Å². The molecule has 0 aliphatic heterocycles. The Hall–Kier alpha value is -2.90. The molecule has 1 heterocycles. The van der Waals surface area contributed by atoms with Crippen LogP contribution < -0.4 is 4.74 Å². The molecule has 0 saturated carbocycles. The number of carboxylic acids is 1. The van der Waals surface area contributed by atoms with Gasteiger partial charge in [-0.3, -0.25) is 10.1 Å². The molecule has 1 aromatic carbocycles. The topological polar surface area (TPSA) is 116 Å². The first kappa shape index (κ1) is 11.6. The molecule has 0 radical (unpaired) electrons. The van der Waals surface area contributed by atoms with Crippen molar-refractivity contribution in [1.82, 2.24) is 4.98 Å². The lowest BCUT2D eigenvalue weighted by Gasteiger charge is -1.99. The minimum atomic E-state index is -1.24. The summed E-state index contributed by atoms with van der Waals surface area (Å²) in [6.45, 7) is 0. The summed E-state index contributed by atoms with van der Waals surface area (Å²) in [5.74, 6) is -0.989. The molecule has 1 N–H and O–H groups in total. The molecule has 18 heavy (non-hydrogen) atoms. The van der Waals surface area contributed by atoms with Gasteiger partial charge in [-0.2, -0.15) is 4.98 Å². The monoisotopic (exact) mass is 250 g/mol. The highest BCUT2D eigenvalue weighted by atomic mass is 16.6. The minimum Gasteiger partial charge on any atom is -0.476 e. The van der Waals surface area contributed by atoms with E-state index in [2.05, 4.69) is 4.98 Å². The van der Waals surface area contributed by atoms with Gasteiger partial charge in [-0.25, -0.2) is 4.79 Å². The number of hydrogen-bond donors (Lipinski definition) is 1. The van der Waals surface area contributed by atoms with Crippen molar-refractivity contribution in [2.24, 2.45) is 0 Å². The van der Waals surface area contributed by atoms with Crippen LogP contribution in [0, 0.1) is 10.1 Å². The molecule has 0 spiro atoms. The number of nitrogens with zero attached hydrogens (tertiary/aromatic N) is 2. The van der Waals surface area contributed by atoms with Gasteiger partial charge in [0.25, 0.3) is 5.69 Å². The van der Waals surface area contributed by atoms with Gasteiger partial charge in [0.1, 0.15) is 12.0 Å². The molecule has 0 aliphatic carbocycles. The van der Waals surface area contributed by atoms with Gasteiger partial charge in [0, 0.05) is 12.1 Å². The fourth-order valence-corrected chi connectivity index (χ4v) is 1.14. The van der Waals surface area contributed by atoms with E-state index in [0.29, 0.717) is 0 Å². The van der Waals surface area contributed by atoms with Crippen LogP contribution in [0.5, 0.6) is 11.8 Å². The number of carbonyl (C=O) groups is 1. The number of aromatic carboxylic acids is 1. The normalized spacial score (nSPS) is 10.0. The summed E-state index contributed by atoms with van der Waals surface area (Å²) in [5.41, 5.74) is -0.368. The van der Waals surface area contributed by atoms with E-state index in [0.717, 1.165) is 6.26 Å². The Kier molecular flexibility index (Phi) is 2.92. The summed E-state index contributed by atoms with van der Waals surface area (Å²) in [6, 6.07) is 5.19. The van der Waals surface area contributed by atoms with Crippen LogP contribution in [0.1, 0.15) is 10.5 Å². The molecular weight excluding hydrogens is 244 g/mol. The number of nitro groups is 1. The maximum absolute atomic E-state index is 10.5. The molecule has 0 unspecified atom stereocenters. The van der Waals surface area contributed by atoms with E-state index in [1.54, 1.807) is 0 Å². The SMILES string of the molecule is O=C(O)c1coc(Oc2ccc([N+](=O)[O-])cc2)n1. The highest BCUT2D eigenvalue weighted by Gasteiger charge is 2.12. The molecule has 0 fully saturated rings. The number of rotatable bonds is 4. The lowest BCUT2D eigenvalue weighted by molar-refractivity contribution is -0.384. The first-order valence-electron chi connectivity index (χ1n) is 4.67. The second kappa shape index (κ2) is 4.53. The van der Waals surface area contributed by atoms with Gasteiger partial charge < -0.3 is 14.3 Å². The second-order valence-corrected chi connectivity index (χ2v) is 3.16. The zero-order valence-corrected chi connectivity index (χ0v) is 8.77. The number of nitro benzene ring substituents is 1. The maximum Gasteiger partial charge on any atom is 0.399 e. The van der Waals surface area contributed by atoms with Crippen LogP contribution in [0.4, 0.5) is 5.69 Å². The molecule has 1 aromatic heterocycles. The van der Waals surface area contributed by atoms with E-state index < -0.39 is 10.9 Å². The van der Waals surface area contributed by atoms with Crippen LogP contribution >= 0.6 is 0 Å². The van der Waals surface area contributed by atoms with Crippen molar-refractivity contribution in [1.29, 1.82) is 0 Å². The third kappa shape index (κ3) is 2.43. The van der Waals surface area contributed by atoms with Gasteiger partial charge >= 0.3 is 12.0 Å². The number of oxazole rings is 1. The quantitative estimate of drug-likeness (QED) is 0.652. The summed E-state index contributed by atoms with van der Waals surface area (Å²) in [5, 5.41) is 19.0. The van der Waals surface area contributed by atoms with Crippen LogP contribution in [0.2, 0.25) is 0 Å². The highest BCUT2D eigenvalue weighted by molar-refractivity contribution is 5.84. The fraction of sp³-hybridized carbons (Fsp3) is 0. The third-order valence-electron chi connectivity index (χ3n) is 1.95. The number of hydrogen-bond acceptors (Lipinski definition) is 6. The van der Waals surface area contributed by atoms with Crippen molar-refractivity contribution in [3.63, 3.8) is 0 Å². The lowest BCUT2D eigenvalue weighted by Crippen LogP contribution is -1.95. The van der Waals surface area contributed by atoms with Gasteiger partial charge in [-0.1, -0.05) is 0 Å². The van der Waals surface area contributed by atoms with Crippen molar-refractivity contribution in [3.05, 3.63) is 46.3 Å². The van der Waals surface area contributed by atoms with Gasteiger partial charge in [0.2, 0.25) is 0 Å². The zero-order valence-electron chi connectivity index (χ0n) is 8.77. The smallest absolute Gasteiger partial charge is 0.399 e. The molecule has 2 rings (SSSR count). The number of aromatic nitrogens is 1. The average Bonchev–Trinajstić information content (AvgIpc) is 2.78. The van der Waals surface area contributed by atoms with E-state index in [1.165, 1.54) is 24.3 Å². The van der Waals surface area contributed by atoms with E-state index in [1.807, 2.05) is 0 Å². The molecule has 0 amide bonds. The molecule has 2 aromatic rings. The summed E-state index contributed by atoms with van der Waals surface area (Å²) in [7, 11) is 0. The van der Waals surface area contributed by atoms with Crippen LogP contribution in [0.25, 0.3) is 0 Å². The molecule has 0 bridgehead atoms. The number of non-ortho nitro benzene ring substituents is 1. The molecule has 0 atom stereocenters. The first-order valence-corrected chi connectivity index (χ1v) is 4.67. The predicted molar refractivity (Wildman–Crippen MR) is 56.6 cm³/mol. The molecule has 8 heteroatoms. The van der Waals surface area contributed by atoms with E-state index >= 15 is 0 Å². The van der Waals surface area contributed by atoms with E-state index in [4.69, 9.17) is 14.3 Å². The summed E-state index contributed by atoms with van der Waals surface area (Å²) in [4.78, 5) is 23.9. The van der Waals surface area contributed by atoms with Crippen molar-refractivity contribution in [3.8, 4) is 11.8 Å². The Labute approximate surface area is 99.6 Å². The first-order chi connectivity index (χ1) is 8.56. The lowest BCUT2D eigenvalue weighted by atomic mass is 10.3. The largest absolute Gasteiger partial charge is 0.476 e. The second-order valence-electron chi connectivity index (χ2n) is 3.16. The standard InChI is InChI=1S/C10H6N2O6/c13-9(14)8-5-17-10(11-8)18-7-3-1-6(2-4-7)12(15)16/h1-5H,(H,13,14). The van der Waals surface area contributed by atoms with Gasteiger partial charge in [-0.05, 0) is 12.1 Å². The molecule has 8 nitrogen and oxygen atoms in total. The molecule has 0 aliphatic rings. The Morgan fingerprint density at radius 3 is 2.56 bits per heavy atom. The predicted octanol–water partition coefficient (Wildman–Crippen LogP) is 2.07. The van der Waals surface area contributed by atoms with Crippen LogP contribution in [0.3, 0.4) is 0 Å². The highest BCUT2D eigenvalue weighted by Crippen LogP contribution is 2.23. The Bertz CT molecular complexity index is 589. The Morgan fingerprint density at radius 1 is 1.39 bits per heavy atom. The Morgan fingerprint density at radius 2 is 2.06 bits per heavy atom. The Balaban J connectivity index is 2.13. The number of benzene rings is 1. The fourth-order valence-electron chi connectivity index (χ4n) is 1.14. The summed E-state index contributed by atoms with van der Waals surface area (Å²) in [6.07, 6.45) is 0.685. The van der Waals surface area contributed by atoms with Crippen molar-refractivity contribution in [2.45, 2.75) is 0 Å². The minimum absolute atomic E-state index is 0.0824. The van der Waals surface area contributed by atoms with E-state index in [9.17, 15) is 14.9 Å². The number of ether oxygens (including phenoxy) is 1. The van der Waals surface area contributed by atoms with Crippen molar-refractivity contribution in [2.75, 3.05) is 0 Å². The van der Waals surface area contributed by atoms with Gasteiger partial charge in [0.15, 0.2) is 5.69 Å². The molecule has 0 saturated heterocycles. The van der Waals surface area contributed by atoms with Crippen LogP contribution in [0.15, 0.2) is 34.9 Å². The third-order valence-corrected chi connectivity index (χ3v) is 1.95. The van der Waals surface area contributed by atoms with Crippen molar-refractivity contribution >= 4 is 11.7 Å². The molecule has 92 valence electrons. The average molecular weight is 250 g/mol. The molecular formula is C10H6N2O6. The summed E-state index contributed by atoms with van der Waals surface area (Å²) < 4.78 is 9.84. The van der Waals surface area contributed by atoms with Gasteiger partial charge in [-0.15, -0.1) is 0 Å². The van der Waals surface area contributed by atoms with E-state index in [-0.39, 0.29) is 23.2 Å².